The maximum absolute atomic E-state index is 15.1. The van der Waals surface area contributed by atoms with E-state index in [4.69, 9.17) is 9.72 Å². The maximum atomic E-state index is 15.1. The number of ether oxygens (including phenoxy) is 1. The molecule has 35 heavy (non-hydrogen) atoms. The summed E-state index contributed by atoms with van der Waals surface area (Å²) in [5.74, 6) is 0.629. The Labute approximate surface area is 207 Å². The fourth-order valence-corrected chi connectivity index (χ4v) is 5.60. The van der Waals surface area contributed by atoms with E-state index in [0.29, 0.717) is 17.7 Å². The summed E-state index contributed by atoms with van der Waals surface area (Å²) in [7, 11) is 7.85. The topological polar surface area (TPSA) is 43.9 Å². The van der Waals surface area contributed by atoms with Crippen LogP contribution < -0.4 is 19.9 Å². The highest BCUT2D eigenvalue weighted by Crippen LogP contribution is 2.43. The molecular formula is C28H36FN5O. The molecule has 5 rings (SSSR count). The van der Waals surface area contributed by atoms with E-state index < -0.39 is 0 Å². The van der Waals surface area contributed by atoms with E-state index in [9.17, 15) is 0 Å². The zero-order valence-electron chi connectivity index (χ0n) is 21.3. The molecule has 3 heterocycles. The number of anilines is 2. The van der Waals surface area contributed by atoms with Crippen molar-refractivity contribution in [1.29, 1.82) is 0 Å². The average molecular weight is 478 g/mol. The monoisotopic (exact) mass is 477 g/mol. The van der Waals surface area contributed by atoms with Crippen molar-refractivity contribution >= 4 is 22.3 Å². The van der Waals surface area contributed by atoms with Crippen LogP contribution in [0.25, 0.3) is 22.2 Å². The number of likely N-dealkylation sites (tertiary alicyclic amines) is 1. The van der Waals surface area contributed by atoms with E-state index in [0.717, 1.165) is 66.3 Å². The van der Waals surface area contributed by atoms with Crippen molar-refractivity contribution in [3.63, 3.8) is 0 Å². The van der Waals surface area contributed by atoms with Gasteiger partial charge < -0.3 is 24.8 Å². The highest BCUT2D eigenvalue weighted by Gasteiger charge is 2.42. The van der Waals surface area contributed by atoms with E-state index in [1.165, 1.54) is 12.8 Å². The largest absolute Gasteiger partial charge is 0.492 e. The fraction of sp³-hybridized carbons (Fsp3) is 0.464. The Morgan fingerprint density at radius 2 is 1.86 bits per heavy atom. The van der Waals surface area contributed by atoms with Gasteiger partial charge in [-0.15, -0.1) is 0 Å². The van der Waals surface area contributed by atoms with Gasteiger partial charge in [0.25, 0.3) is 0 Å². The summed E-state index contributed by atoms with van der Waals surface area (Å²) in [6, 6.07) is 13.8. The number of likely N-dealkylation sites (N-methyl/N-ethyl adjacent to an activating group) is 1. The minimum absolute atomic E-state index is 0.212. The molecule has 0 saturated carbocycles. The van der Waals surface area contributed by atoms with Gasteiger partial charge in [-0.25, -0.2) is 9.37 Å². The molecule has 0 radical (unpaired) electrons. The third kappa shape index (κ3) is 4.80. The van der Waals surface area contributed by atoms with Gasteiger partial charge in [-0.1, -0.05) is 0 Å². The average Bonchev–Trinajstić information content (AvgIpc) is 3.43. The van der Waals surface area contributed by atoms with Crippen LogP contribution in [0, 0.1) is 11.2 Å². The van der Waals surface area contributed by atoms with Crippen LogP contribution in [-0.4, -0.2) is 77.4 Å². The summed E-state index contributed by atoms with van der Waals surface area (Å²) in [5.41, 5.74) is 4.71. The number of nitrogens with zero attached hydrogens (tertiary/aromatic N) is 4. The first-order valence-electron chi connectivity index (χ1n) is 12.5. The predicted molar refractivity (Wildman–Crippen MR) is 142 cm³/mol. The Morgan fingerprint density at radius 1 is 1.09 bits per heavy atom. The fourth-order valence-electron chi connectivity index (χ4n) is 5.60. The van der Waals surface area contributed by atoms with Gasteiger partial charge in [0.1, 0.15) is 18.2 Å². The molecule has 1 atom stereocenters. The van der Waals surface area contributed by atoms with Crippen LogP contribution >= 0.6 is 0 Å². The summed E-state index contributed by atoms with van der Waals surface area (Å²) in [6.45, 7) is 5.70. The quantitative estimate of drug-likeness (QED) is 0.514. The first-order valence-corrected chi connectivity index (χ1v) is 12.5. The smallest absolute Gasteiger partial charge is 0.147 e. The molecule has 1 N–H and O–H groups in total. The highest BCUT2D eigenvalue weighted by atomic mass is 19.1. The summed E-state index contributed by atoms with van der Waals surface area (Å²) in [6.07, 6.45) is 2.40. The van der Waals surface area contributed by atoms with Crippen LogP contribution in [0.1, 0.15) is 12.8 Å². The van der Waals surface area contributed by atoms with Gasteiger partial charge in [0, 0.05) is 62.3 Å². The molecule has 3 aromatic rings. The molecular weight excluding hydrogens is 441 g/mol. The van der Waals surface area contributed by atoms with Gasteiger partial charge in [-0.3, -0.25) is 0 Å². The van der Waals surface area contributed by atoms with Crippen molar-refractivity contribution in [3.05, 3.63) is 48.3 Å². The van der Waals surface area contributed by atoms with Gasteiger partial charge in [0.15, 0.2) is 0 Å². The molecule has 2 saturated heterocycles. The summed E-state index contributed by atoms with van der Waals surface area (Å²) >= 11 is 0. The molecule has 186 valence electrons. The predicted octanol–water partition coefficient (Wildman–Crippen LogP) is 4.24. The molecule has 0 amide bonds. The number of halogens is 1. The van der Waals surface area contributed by atoms with Crippen molar-refractivity contribution in [1.82, 2.24) is 15.2 Å². The third-order valence-corrected chi connectivity index (χ3v) is 7.52. The zero-order chi connectivity index (χ0) is 24.6. The lowest BCUT2D eigenvalue weighted by Crippen LogP contribution is -2.29. The van der Waals surface area contributed by atoms with Gasteiger partial charge in [-0.05, 0) is 75.9 Å². The number of benzene rings is 2. The molecule has 6 nitrogen and oxygen atoms in total. The van der Waals surface area contributed by atoms with Crippen molar-refractivity contribution in [2.75, 3.05) is 77.3 Å². The normalized spacial score (nSPS) is 20.3. The van der Waals surface area contributed by atoms with Gasteiger partial charge in [0.05, 0.1) is 16.9 Å². The number of fused-ring (bicyclic) bond motifs is 1. The first kappa shape index (κ1) is 23.8. The lowest BCUT2D eigenvalue weighted by atomic mass is 9.86. The van der Waals surface area contributed by atoms with Crippen LogP contribution in [0.3, 0.4) is 0 Å². The van der Waals surface area contributed by atoms with Crippen LogP contribution in [0.4, 0.5) is 15.8 Å². The summed E-state index contributed by atoms with van der Waals surface area (Å²) in [4.78, 5) is 11.7. The van der Waals surface area contributed by atoms with Crippen LogP contribution in [0.5, 0.6) is 5.75 Å². The minimum Gasteiger partial charge on any atom is -0.492 e. The molecule has 1 spiro atoms. The van der Waals surface area contributed by atoms with Crippen molar-refractivity contribution in [2.24, 2.45) is 5.41 Å². The molecule has 1 aromatic heterocycles. The van der Waals surface area contributed by atoms with Crippen molar-refractivity contribution in [2.45, 2.75) is 12.8 Å². The Balaban J connectivity index is 1.54. The molecule has 7 heteroatoms. The van der Waals surface area contributed by atoms with E-state index in [2.05, 4.69) is 40.4 Å². The highest BCUT2D eigenvalue weighted by molar-refractivity contribution is 5.96. The van der Waals surface area contributed by atoms with E-state index >= 15 is 4.39 Å². The molecule has 2 fully saturated rings. The number of rotatable bonds is 7. The summed E-state index contributed by atoms with van der Waals surface area (Å²) in [5, 5.41) is 3.97. The number of hydrogen-bond donors (Lipinski definition) is 1. The second kappa shape index (κ2) is 9.63. The van der Waals surface area contributed by atoms with Crippen LogP contribution in [0.15, 0.2) is 42.5 Å². The van der Waals surface area contributed by atoms with Gasteiger partial charge in [0.2, 0.25) is 0 Å². The summed E-state index contributed by atoms with van der Waals surface area (Å²) < 4.78 is 20.9. The minimum atomic E-state index is -0.212. The van der Waals surface area contributed by atoms with Crippen molar-refractivity contribution < 1.29 is 9.13 Å². The molecule has 2 aromatic carbocycles. The van der Waals surface area contributed by atoms with Crippen molar-refractivity contribution in [3.8, 4) is 17.0 Å². The van der Waals surface area contributed by atoms with Crippen LogP contribution in [-0.2, 0) is 0 Å². The van der Waals surface area contributed by atoms with Gasteiger partial charge in [-0.2, -0.15) is 0 Å². The number of hydrogen-bond acceptors (Lipinski definition) is 6. The number of nitrogens with one attached hydrogen (secondary N) is 1. The molecule has 0 bridgehead atoms. The molecule has 2 aliphatic heterocycles. The second-order valence-electron chi connectivity index (χ2n) is 10.4. The molecule has 0 aliphatic carbocycles. The lowest BCUT2D eigenvalue weighted by Gasteiger charge is -2.26. The Morgan fingerprint density at radius 3 is 2.54 bits per heavy atom. The third-order valence-electron chi connectivity index (χ3n) is 7.52. The number of aromatic nitrogens is 1. The van der Waals surface area contributed by atoms with E-state index in [1.54, 1.807) is 11.0 Å². The first-order chi connectivity index (χ1) is 16.9. The second-order valence-corrected chi connectivity index (χ2v) is 10.4. The molecule has 1 unspecified atom stereocenters. The SMILES string of the molecule is CNCCOc1ccc(-c2cc(N3CCC4(CCN(C)C4)C3)c3cc(F)c(N(C)C)cc3n2)cc1. The Kier molecular flexibility index (Phi) is 6.55. The van der Waals surface area contributed by atoms with Crippen LogP contribution in [0.2, 0.25) is 0 Å². The maximum Gasteiger partial charge on any atom is 0.147 e. The molecule has 2 aliphatic rings. The van der Waals surface area contributed by atoms with E-state index in [-0.39, 0.29) is 5.82 Å². The van der Waals surface area contributed by atoms with E-state index in [1.807, 2.05) is 39.3 Å². The van der Waals surface area contributed by atoms with Gasteiger partial charge >= 0.3 is 0 Å². The number of pyridine rings is 1. The standard InChI is InChI=1S/C28H36FN5O/c1-30-11-14-35-21-7-5-20(6-8-21)24-16-26(34-13-10-28(19-34)9-12-33(4)18-28)22-15-23(29)27(32(2)3)17-25(22)31-24/h5-8,15-17,30H,9-14,18-19H2,1-4H3. The Bertz CT molecular complexity index is 1200. The zero-order valence-corrected chi connectivity index (χ0v) is 21.3. The Hall–Kier alpha value is -2.90. The lowest BCUT2D eigenvalue weighted by molar-refractivity contribution is 0.312.